The molecule has 2 aromatic carbocycles. The van der Waals surface area contributed by atoms with Crippen molar-refractivity contribution in [3.63, 3.8) is 0 Å². The van der Waals surface area contributed by atoms with E-state index < -0.39 is 23.6 Å². The van der Waals surface area contributed by atoms with Gasteiger partial charge < -0.3 is 25.2 Å². The van der Waals surface area contributed by atoms with Crippen LogP contribution in [0.4, 0.5) is 10.1 Å². The number of carboxylic acids is 1. The molecule has 226 valence electrons. The first kappa shape index (κ1) is 29.9. The van der Waals surface area contributed by atoms with Gasteiger partial charge in [0.15, 0.2) is 11.6 Å². The summed E-state index contributed by atoms with van der Waals surface area (Å²) in [5, 5.41) is 15.4. The quantitative estimate of drug-likeness (QED) is 0.356. The van der Waals surface area contributed by atoms with Gasteiger partial charge in [0, 0.05) is 17.8 Å². The van der Waals surface area contributed by atoms with Crippen molar-refractivity contribution in [1.82, 2.24) is 5.32 Å². The average molecular weight is 581 g/mol. The number of methoxy groups -OCH3 is 1. The Kier molecular flexibility index (Phi) is 8.49. The van der Waals surface area contributed by atoms with Gasteiger partial charge in [-0.3, -0.25) is 14.4 Å². The first-order valence-electron chi connectivity index (χ1n) is 14.9. The molecule has 0 aliphatic heterocycles. The molecule has 0 saturated heterocycles. The van der Waals surface area contributed by atoms with Crippen LogP contribution < -0.4 is 20.1 Å². The number of fused-ring (bicyclic) bond motifs is 2. The van der Waals surface area contributed by atoms with Gasteiger partial charge in [-0.05, 0) is 86.0 Å². The van der Waals surface area contributed by atoms with E-state index in [9.17, 15) is 23.9 Å². The Bertz CT molecular complexity index is 1350. The van der Waals surface area contributed by atoms with E-state index in [2.05, 4.69) is 31.4 Å². The number of amides is 2. The monoisotopic (exact) mass is 580 g/mol. The molecule has 3 saturated carbocycles. The molecule has 2 bridgehead atoms. The minimum absolute atomic E-state index is 0.0572. The van der Waals surface area contributed by atoms with E-state index >= 15 is 0 Å². The lowest BCUT2D eigenvalue weighted by Gasteiger charge is -2.31. The topological polar surface area (TPSA) is 114 Å². The number of carboxylic acid groups (broad SMARTS) is 1. The zero-order valence-corrected chi connectivity index (χ0v) is 24.7. The Hall–Kier alpha value is -3.62. The largest absolute Gasteiger partial charge is 0.496 e. The maximum absolute atomic E-state index is 15.0. The summed E-state index contributed by atoms with van der Waals surface area (Å²) in [6.45, 7) is 6.37. The number of rotatable bonds is 8. The van der Waals surface area contributed by atoms with Crippen LogP contribution in [0.25, 0.3) is 0 Å². The van der Waals surface area contributed by atoms with E-state index in [1.807, 2.05) is 24.3 Å². The summed E-state index contributed by atoms with van der Waals surface area (Å²) in [6.07, 6.45) is 4.31. The molecule has 5 rings (SSSR count). The predicted octanol–water partition coefficient (Wildman–Crippen LogP) is 5.94. The summed E-state index contributed by atoms with van der Waals surface area (Å²) in [7, 11) is 1.37. The zero-order valence-electron chi connectivity index (χ0n) is 24.7. The van der Waals surface area contributed by atoms with E-state index in [4.69, 9.17) is 9.47 Å². The standard InChI is InChI=1S/C33H41FN2O6/c1-33(2,3)21-6-5-7-22(15-21)35-31(38)28-19-8-9-20(14-19)29(28)36-30(37)24-16-27(25(34)17-26(24)41-4)42-23-12-10-18(11-13-23)32(39)40/h5-7,15-20,23,28-29H,8-14H2,1-4H3,(H,35,38)(H,36,37)(H,39,40)/t18-,19-,20+,23+,28+,29-/m1/s1. The Labute approximate surface area is 246 Å². The molecule has 4 atom stereocenters. The summed E-state index contributed by atoms with van der Waals surface area (Å²) in [5.41, 5.74) is 1.93. The normalized spacial score (nSPS) is 26.9. The van der Waals surface area contributed by atoms with Crippen molar-refractivity contribution in [3.8, 4) is 11.5 Å². The van der Waals surface area contributed by atoms with E-state index in [0.717, 1.165) is 36.6 Å². The Morgan fingerprint density at radius 3 is 2.33 bits per heavy atom. The first-order chi connectivity index (χ1) is 19.9. The van der Waals surface area contributed by atoms with E-state index in [-0.39, 0.29) is 58.3 Å². The third kappa shape index (κ3) is 6.25. The molecule has 42 heavy (non-hydrogen) atoms. The third-order valence-corrected chi connectivity index (χ3v) is 9.33. The third-order valence-electron chi connectivity index (χ3n) is 9.33. The van der Waals surface area contributed by atoms with Crippen LogP contribution in [-0.2, 0) is 15.0 Å². The Balaban J connectivity index is 1.31. The van der Waals surface area contributed by atoms with Crippen molar-refractivity contribution in [2.75, 3.05) is 12.4 Å². The maximum Gasteiger partial charge on any atom is 0.306 e. The number of ether oxygens (including phenoxy) is 2. The molecule has 0 unspecified atom stereocenters. The highest BCUT2D eigenvalue weighted by molar-refractivity contribution is 5.99. The summed E-state index contributed by atoms with van der Waals surface area (Å²) in [5.74, 6) is -2.45. The van der Waals surface area contributed by atoms with Gasteiger partial charge in [-0.15, -0.1) is 0 Å². The minimum Gasteiger partial charge on any atom is -0.496 e. The number of carbonyl (C=O) groups excluding carboxylic acids is 2. The van der Waals surface area contributed by atoms with Crippen LogP contribution in [0.15, 0.2) is 36.4 Å². The predicted molar refractivity (Wildman–Crippen MR) is 156 cm³/mol. The lowest BCUT2D eigenvalue weighted by molar-refractivity contribution is -0.143. The number of carbonyl (C=O) groups is 3. The van der Waals surface area contributed by atoms with Gasteiger partial charge in [-0.25, -0.2) is 4.39 Å². The Morgan fingerprint density at radius 2 is 1.67 bits per heavy atom. The van der Waals surface area contributed by atoms with Crippen molar-refractivity contribution in [2.45, 2.75) is 83.3 Å². The van der Waals surface area contributed by atoms with Crippen LogP contribution in [-0.4, -0.2) is 42.1 Å². The second kappa shape index (κ2) is 11.9. The van der Waals surface area contributed by atoms with Crippen LogP contribution in [0.2, 0.25) is 0 Å². The summed E-state index contributed by atoms with van der Waals surface area (Å²) < 4.78 is 26.2. The molecule has 0 heterocycles. The SMILES string of the molecule is COc1cc(F)c(O[C@H]2CC[C@@H](C(=O)O)CC2)cc1C(=O)N[C@@H]1[C@H]2CC[C@H](C2)[C@@H]1C(=O)Nc1cccc(C(C)(C)C)c1. The van der Waals surface area contributed by atoms with Crippen molar-refractivity contribution in [3.05, 3.63) is 53.3 Å². The number of nitrogens with one attached hydrogen (secondary N) is 2. The average Bonchev–Trinajstić information content (AvgIpc) is 3.56. The van der Waals surface area contributed by atoms with Crippen molar-refractivity contribution in [2.24, 2.45) is 23.7 Å². The number of benzene rings is 2. The summed E-state index contributed by atoms with van der Waals surface area (Å²) in [4.78, 5) is 38.5. The van der Waals surface area contributed by atoms with Crippen LogP contribution in [0.3, 0.4) is 0 Å². The van der Waals surface area contributed by atoms with Gasteiger partial charge in [0.05, 0.1) is 30.6 Å². The molecule has 9 heteroatoms. The van der Waals surface area contributed by atoms with Gasteiger partial charge in [-0.2, -0.15) is 0 Å². The fourth-order valence-electron chi connectivity index (χ4n) is 6.97. The molecule has 3 aliphatic carbocycles. The number of aliphatic carboxylic acids is 1. The van der Waals surface area contributed by atoms with Crippen LogP contribution in [0.1, 0.15) is 81.6 Å². The van der Waals surface area contributed by atoms with Crippen molar-refractivity contribution in [1.29, 1.82) is 0 Å². The van der Waals surface area contributed by atoms with Gasteiger partial charge in [-0.1, -0.05) is 32.9 Å². The molecule has 0 aromatic heterocycles. The highest BCUT2D eigenvalue weighted by atomic mass is 19.1. The molecule has 0 radical (unpaired) electrons. The highest BCUT2D eigenvalue weighted by Gasteiger charge is 2.51. The molecule has 8 nitrogen and oxygen atoms in total. The fourth-order valence-corrected chi connectivity index (χ4v) is 6.97. The highest BCUT2D eigenvalue weighted by Crippen LogP contribution is 2.49. The van der Waals surface area contributed by atoms with Gasteiger partial charge >= 0.3 is 5.97 Å². The second-order valence-electron chi connectivity index (χ2n) is 13.1. The molecule has 3 aliphatic rings. The molecule has 3 N–H and O–H groups in total. The Morgan fingerprint density at radius 1 is 0.952 bits per heavy atom. The van der Waals surface area contributed by atoms with E-state index in [0.29, 0.717) is 25.7 Å². The molecule has 2 amide bonds. The van der Waals surface area contributed by atoms with Crippen LogP contribution in [0.5, 0.6) is 11.5 Å². The molecular formula is C33H41FN2O6. The van der Waals surface area contributed by atoms with Crippen molar-refractivity contribution >= 4 is 23.5 Å². The van der Waals surface area contributed by atoms with Gasteiger partial charge in [0.25, 0.3) is 5.91 Å². The van der Waals surface area contributed by atoms with Crippen LogP contribution >= 0.6 is 0 Å². The molecular weight excluding hydrogens is 539 g/mol. The minimum atomic E-state index is -0.825. The second-order valence-corrected chi connectivity index (χ2v) is 13.1. The zero-order chi connectivity index (χ0) is 30.2. The van der Waals surface area contributed by atoms with E-state index in [1.54, 1.807) is 0 Å². The van der Waals surface area contributed by atoms with Crippen LogP contribution in [0, 0.1) is 29.5 Å². The molecule has 3 fully saturated rings. The van der Waals surface area contributed by atoms with Gasteiger partial charge in [0.1, 0.15) is 5.75 Å². The number of anilines is 1. The fraction of sp³-hybridized carbons (Fsp3) is 0.545. The number of halogens is 1. The number of hydrogen-bond acceptors (Lipinski definition) is 5. The summed E-state index contributed by atoms with van der Waals surface area (Å²) >= 11 is 0. The lowest BCUT2D eigenvalue weighted by atomic mass is 9.83. The smallest absolute Gasteiger partial charge is 0.306 e. The van der Waals surface area contributed by atoms with Crippen molar-refractivity contribution < 1.29 is 33.4 Å². The lowest BCUT2D eigenvalue weighted by Crippen LogP contribution is -2.48. The van der Waals surface area contributed by atoms with E-state index in [1.165, 1.54) is 13.2 Å². The maximum atomic E-state index is 15.0. The van der Waals surface area contributed by atoms with Gasteiger partial charge in [0.2, 0.25) is 5.91 Å². The molecule has 2 aromatic rings. The summed E-state index contributed by atoms with van der Waals surface area (Å²) in [6, 6.07) is 10.0. The molecule has 0 spiro atoms. The number of hydrogen-bond donors (Lipinski definition) is 3. The first-order valence-corrected chi connectivity index (χ1v) is 14.9.